The van der Waals surface area contributed by atoms with E-state index in [1.54, 1.807) is 11.3 Å². The van der Waals surface area contributed by atoms with Crippen molar-refractivity contribution in [3.05, 3.63) is 316 Å². The van der Waals surface area contributed by atoms with Crippen molar-refractivity contribution in [3.8, 4) is 87.3 Å². The predicted molar refractivity (Wildman–Crippen MR) is 553 cm³/mol. The molecule has 3 N–H and O–H groups in total. The monoisotopic (exact) mass is 2350 g/mol. The second-order valence-corrected chi connectivity index (χ2v) is 37.1. The molecule has 15 heteroatoms. The molecule has 14 aromatic rings. The van der Waals surface area contributed by atoms with E-state index in [4.69, 9.17) is 9.97 Å². The molecule has 0 saturated carbocycles. The summed E-state index contributed by atoms with van der Waals surface area (Å²) in [7, 11) is 0. The zero-order chi connectivity index (χ0) is 93.5. The maximum absolute atomic E-state index is 11.7. The van der Waals surface area contributed by atoms with Crippen LogP contribution in [0.15, 0.2) is 248 Å². The molecule has 0 aliphatic carbocycles. The molecule has 0 aliphatic heterocycles. The van der Waals surface area contributed by atoms with Gasteiger partial charge in [0.25, 0.3) is 0 Å². The van der Waals surface area contributed by atoms with Gasteiger partial charge in [0.05, 0.1) is 31.4 Å². The van der Waals surface area contributed by atoms with Crippen LogP contribution in [0.1, 0.15) is 210 Å². The van der Waals surface area contributed by atoms with Crippen molar-refractivity contribution in [2.24, 2.45) is 35.5 Å². The van der Waals surface area contributed by atoms with E-state index in [1.807, 2.05) is 124 Å². The van der Waals surface area contributed by atoms with Crippen LogP contribution in [0, 0.1) is 116 Å². The van der Waals surface area contributed by atoms with Crippen molar-refractivity contribution in [2.45, 2.75) is 222 Å². The molecule has 0 bridgehead atoms. The van der Waals surface area contributed by atoms with Crippen molar-refractivity contribution in [1.82, 2.24) is 15.0 Å². The largest absolute Gasteiger partial charge is 0.512 e. The number of pyridine rings is 3. The number of aryl methyl sites for hydroxylation is 9. The first-order valence-corrected chi connectivity index (χ1v) is 48.9. The fraction of sp³-hybridized carbons (Fsp3) is 0.333. The second kappa shape index (κ2) is 55.5. The van der Waals surface area contributed by atoms with Gasteiger partial charge in [-0.1, -0.05) is 276 Å². The van der Waals surface area contributed by atoms with Crippen LogP contribution < -0.4 is 0 Å². The Morgan fingerprint density at radius 2 is 0.629 bits per heavy atom. The molecule has 9 nitrogen and oxygen atoms in total. The molecule has 14 rings (SSSR count). The molecule has 0 aliphatic rings. The molecular formula is C117H134Ir3N3O6S3-3. The molecule has 132 heavy (non-hydrogen) atoms. The van der Waals surface area contributed by atoms with Crippen LogP contribution in [-0.4, -0.2) is 47.6 Å². The van der Waals surface area contributed by atoms with Gasteiger partial charge in [0, 0.05) is 153 Å². The minimum absolute atomic E-state index is 0. The van der Waals surface area contributed by atoms with Crippen LogP contribution >= 0.6 is 34.0 Å². The third-order valence-corrected chi connectivity index (χ3v) is 28.0. The topological polar surface area (TPSA) is 151 Å². The van der Waals surface area contributed by atoms with E-state index >= 15 is 0 Å². The van der Waals surface area contributed by atoms with Gasteiger partial charge in [-0.3, -0.25) is 14.4 Å². The Kier molecular flexibility index (Phi) is 46.8. The Hall–Kier alpha value is -9.33. The van der Waals surface area contributed by atoms with Crippen molar-refractivity contribution in [1.29, 1.82) is 0 Å². The number of rotatable bonds is 29. The number of allylic oxidation sites excluding steroid dienone is 6. The predicted octanol–water partition coefficient (Wildman–Crippen LogP) is 34.0. The number of fused-ring (bicyclic) bond motifs is 3. The fourth-order valence-corrected chi connectivity index (χ4v) is 20.1. The average molecular weight is 2350 g/mol. The molecule has 0 unspecified atom stereocenters. The minimum atomic E-state index is 0. The van der Waals surface area contributed by atoms with Crippen LogP contribution in [0.5, 0.6) is 0 Å². The van der Waals surface area contributed by atoms with Crippen LogP contribution in [0.3, 0.4) is 0 Å². The summed E-state index contributed by atoms with van der Waals surface area (Å²) in [6.07, 6.45) is 20.7. The summed E-state index contributed by atoms with van der Waals surface area (Å²) in [4.78, 5) is 53.2. The summed E-state index contributed by atoms with van der Waals surface area (Å²) < 4.78 is 3.65. The Morgan fingerprint density at radius 1 is 0.318 bits per heavy atom. The number of carbonyl (C=O) groups excluding carboxylic acids is 3. The average Bonchev–Trinajstić information content (AvgIpc) is 1.61. The van der Waals surface area contributed by atoms with Gasteiger partial charge in [-0.05, 0) is 187 Å². The summed E-state index contributed by atoms with van der Waals surface area (Å²) in [5.41, 5.74) is 26.1. The van der Waals surface area contributed by atoms with Crippen molar-refractivity contribution < 1.29 is 90.0 Å². The number of carbonyl (C=O) groups is 3. The quantitative estimate of drug-likeness (QED) is 0.0236. The number of aromatic nitrogens is 3. The first kappa shape index (κ1) is 111. The van der Waals surface area contributed by atoms with Gasteiger partial charge in [-0.25, -0.2) is 0 Å². The number of ketones is 3. The summed E-state index contributed by atoms with van der Waals surface area (Å²) in [6.45, 7) is 43.4. The van der Waals surface area contributed by atoms with Gasteiger partial charge in [-0.15, -0.1) is 139 Å². The first-order valence-electron chi connectivity index (χ1n) is 46.5. The van der Waals surface area contributed by atoms with Crippen molar-refractivity contribution >= 4 is 81.6 Å². The van der Waals surface area contributed by atoms with E-state index in [-0.39, 0.29) is 130 Å². The number of hydrogen-bond acceptors (Lipinski definition) is 12. The zero-order valence-corrected chi connectivity index (χ0v) is 90.7. The SMILES string of the molecule is CCC(CC)C(=O)C=C(O)C(CC)CC.CCC(CC)C(=O)C=C(O)C(CC)CC.CCC(CC)C(=O)C=C(O)C(CC)CC.Cc1[c-]c(-c2cc3c(-c4ccccc4)c(-c4ccccc4)sc3cn2)cc(C)c1.Cc1[c-]c(-c2cc3c(C)c(-c4ccccc4)sc3cn2)cc(C)c1.Cc1[c-]c(-c2cc3cc(-c4ccc(-c5c(C)cccc5C)cc4)sc3cn2)cc(C)c1.[Ir].[Ir].[Ir]. The van der Waals surface area contributed by atoms with Crippen LogP contribution in [0.25, 0.3) is 118 Å². The van der Waals surface area contributed by atoms with E-state index < -0.39 is 0 Å². The Bertz CT molecular complexity index is 5910. The molecule has 0 fully saturated rings. The number of hydrogen-bond donors (Lipinski definition) is 3. The molecule has 0 spiro atoms. The molecule has 8 aromatic carbocycles. The Balaban J connectivity index is 0.000000250. The third kappa shape index (κ3) is 30.6. The minimum Gasteiger partial charge on any atom is -0.512 e. The summed E-state index contributed by atoms with van der Waals surface area (Å²) in [5.74, 6) is 1.64. The summed E-state index contributed by atoms with van der Waals surface area (Å²) in [5, 5.41) is 33.0. The maximum Gasteiger partial charge on any atom is 0.162 e. The van der Waals surface area contributed by atoms with Crippen molar-refractivity contribution in [3.63, 3.8) is 0 Å². The van der Waals surface area contributed by atoms with E-state index in [0.717, 1.165) is 128 Å². The molecule has 0 atom stereocenters. The molecule has 0 amide bonds. The number of aliphatic hydroxyl groups is 3. The molecular weight excluding hydrogens is 2220 g/mol. The number of aliphatic hydroxyl groups excluding tert-OH is 3. The maximum atomic E-state index is 11.7. The van der Waals surface area contributed by atoms with E-state index in [1.165, 1.54) is 135 Å². The molecule has 0 saturated heterocycles. The fourth-order valence-electron chi connectivity index (χ4n) is 16.7. The number of benzene rings is 8. The molecule has 701 valence electrons. The molecule has 6 heterocycles. The van der Waals surface area contributed by atoms with Gasteiger partial charge in [0.15, 0.2) is 17.3 Å². The van der Waals surface area contributed by atoms with Gasteiger partial charge in [0.1, 0.15) is 0 Å². The molecule has 6 aromatic heterocycles. The van der Waals surface area contributed by atoms with E-state index in [2.05, 4.69) is 280 Å². The summed E-state index contributed by atoms with van der Waals surface area (Å²) in [6, 6.07) is 79.4. The zero-order valence-electron chi connectivity index (χ0n) is 81.0. The van der Waals surface area contributed by atoms with Gasteiger partial charge >= 0.3 is 0 Å². The molecule has 3 radical (unpaired) electrons. The first-order chi connectivity index (χ1) is 62.1. The Labute approximate surface area is 840 Å². The smallest absolute Gasteiger partial charge is 0.162 e. The normalized spacial score (nSPS) is 11.4. The third-order valence-electron chi connectivity index (χ3n) is 24.4. The second-order valence-electron chi connectivity index (χ2n) is 33.9. The van der Waals surface area contributed by atoms with Crippen LogP contribution in [0.4, 0.5) is 0 Å². The van der Waals surface area contributed by atoms with Gasteiger partial charge in [0.2, 0.25) is 0 Å². The van der Waals surface area contributed by atoms with Crippen LogP contribution in [-0.2, 0) is 74.7 Å². The van der Waals surface area contributed by atoms with Gasteiger partial charge in [-0.2, -0.15) is 0 Å². The summed E-state index contributed by atoms with van der Waals surface area (Å²) >= 11 is 5.42. The van der Waals surface area contributed by atoms with Crippen LogP contribution in [0.2, 0.25) is 0 Å². The Morgan fingerprint density at radius 3 is 0.992 bits per heavy atom. The van der Waals surface area contributed by atoms with Crippen molar-refractivity contribution in [2.75, 3.05) is 0 Å². The standard InChI is InChI=1S/C29H24NS.C27H20NS.C22H18NS.3C13H24O2.3Ir/c1-18-12-19(2)14-24(13-18)26-15-25-16-27(31-28(25)17-30-26)22-8-10-23(11-9-22)29-20(3)6-5-7-21(29)4;1-18-13-19(2)15-22(14-18)24-16-23-25(17-28-24)29-27(21-11-7-4-8-12-21)26(23)20-9-5-3-6-10-20;1-14-9-15(2)11-18(10-14)20-12-19-16(3)22(24-21(19)13-23-20)17-7-5-4-6-8-17;3*1-5-10(6-2)12(14)9-13(15)11(7-3)8-4;;;/h5-13,15-17H,1-4H3;3-14,16-17H,1-2H3;4-10,12-13H,1-3H3;3*9-11,14H,5-8H2,1-4H3;;;/q3*-1;;;;;;. The number of nitrogens with zero attached hydrogens (tertiary/aromatic N) is 3. The van der Waals surface area contributed by atoms with Gasteiger partial charge < -0.3 is 30.3 Å². The number of thiophene rings is 3. The van der Waals surface area contributed by atoms with E-state index in [0.29, 0.717) is 0 Å². The van der Waals surface area contributed by atoms with E-state index in [9.17, 15) is 29.7 Å².